The second-order valence-corrected chi connectivity index (χ2v) is 1.03. The van der Waals surface area contributed by atoms with Crippen molar-refractivity contribution in [3.05, 3.63) is 0 Å². The van der Waals surface area contributed by atoms with Crippen LogP contribution < -0.4 is 5.32 Å². The Morgan fingerprint density at radius 1 is 1.75 bits per heavy atom. The summed E-state index contributed by atoms with van der Waals surface area (Å²) in [6.07, 6.45) is -2.95. The SMILES string of the molecule is O=CC(O)NC(=O)O. The van der Waals surface area contributed by atoms with E-state index in [4.69, 9.17) is 10.2 Å². The Bertz CT molecular complexity index is 101. The molecule has 8 heavy (non-hydrogen) atoms. The van der Waals surface area contributed by atoms with E-state index in [1.165, 1.54) is 5.32 Å². The summed E-state index contributed by atoms with van der Waals surface area (Å²) in [6, 6.07) is 0. The predicted molar refractivity (Wildman–Crippen MR) is 23.2 cm³/mol. The lowest BCUT2D eigenvalue weighted by Crippen LogP contribution is -2.34. The number of carbonyl (C=O) groups excluding carboxylic acids is 1. The molecule has 0 saturated heterocycles. The molecule has 46 valence electrons. The number of rotatable bonds is 2. The molecule has 0 spiro atoms. The summed E-state index contributed by atoms with van der Waals surface area (Å²) in [6.45, 7) is 0. The van der Waals surface area contributed by atoms with E-state index in [2.05, 4.69) is 0 Å². The maximum absolute atomic E-state index is 9.54. The molecule has 5 heteroatoms. The lowest BCUT2D eigenvalue weighted by atomic mass is 10.6. The maximum atomic E-state index is 9.54. The molecule has 5 nitrogen and oxygen atoms in total. The molecule has 0 aromatic heterocycles. The fraction of sp³-hybridized carbons (Fsp3) is 0.333. The third-order valence-corrected chi connectivity index (χ3v) is 0.400. The van der Waals surface area contributed by atoms with E-state index in [9.17, 15) is 9.59 Å². The molecule has 1 atom stereocenters. The monoisotopic (exact) mass is 119 g/mol. The normalized spacial score (nSPS) is 12.1. The Morgan fingerprint density at radius 3 is 2.38 bits per heavy atom. The molecule has 0 rings (SSSR count). The Balaban J connectivity index is 3.38. The van der Waals surface area contributed by atoms with Crippen LogP contribution in [0.1, 0.15) is 0 Å². The van der Waals surface area contributed by atoms with Crippen molar-refractivity contribution >= 4 is 12.4 Å². The third-order valence-electron chi connectivity index (χ3n) is 0.400. The summed E-state index contributed by atoms with van der Waals surface area (Å²) in [5.41, 5.74) is 0. The van der Waals surface area contributed by atoms with Crippen molar-refractivity contribution in [2.75, 3.05) is 0 Å². The van der Waals surface area contributed by atoms with Gasteiger partial charge in [0.25, 0.3) is 0 Å². The van der Waals surface area contributed by atoms with Crippen molar-refractivity contribution in [1.82, 2.24) is 5.32 Å². The van der Waals surface area contributed by atoms with Gasteiger partial charge in [-0.15, -0.1) is 0 Å². The highest BCUT2D eigenvalue weighted by Crippen LogP contribution is 1.66. The van der Waals surface area contributed by atoms with Gasteiger partial charge in [-0.05, 0) is 0 Å². The van der Waals surface area contributed by atoms with Crippen LogP contribution >= 0.6 is 0 Å². The summed E-state index contributed by atoms with van der Waals surface area (Å²) in [5, 5.41) is 17.4. The molecule has 0 bridgehead atoms. The van der Waals surface area contributed by atoms with Crippen molar-refractivity contribution in [2.45, 2.75) is 6.23 Å². The summed E-state index contributed by atoms with van der Waals surface area (Å²) < 4.78 is 0. The first-order valence-electron chi connectivity index (χ1n) is 1.79. The van der Waals surface area contributed by atoms with E-state index in [-0.39, 0.29) is 6.29 Å². The number of aliphatic hydroxyl groups is 1. The number of nitrogens with one attached hydrogen (secondary N) is 1. The number of hydrogen-bond donors (Lipinski definition) is 3. The first-order chi connectivity index (χ1) is 3.66. The molecular weight excluding hydrogens is 114 g/mol. The van der Waals surface area contributed by atoms with Gasteiger partial charge in [0, 0.05) is 0 Å². The Labute approximate surface area is 44.9 Å². The van der Waals surface area contributed by atoms with Crippen LogP contribution in [0.3, 0.4) is 0 Å². The van der Waals surface area contributed by atoms with Crippen LogP contribution in [-0.2, 0) is 4.79 Å². The molecule has 0 aliphatic rings. The molecule has 0 aliphatic heterocycles. The van der Waals surface area contributed by atoms with Gasteiger partial charge in [0.15, 0.2) is 12.5 Å². The van der Waals surface area contributed by atoms with E-state index in [1.807, 2.05) is 0 Å². The Morgan fingerprint density at radius 2 is 2.25 bits per heavy atom. The quantitative estimate of drug-likeness (QED) is 0.314. The Hall–Kier alpha value is -1.10. The summed E-state index contributed by atoms with van der Waals surface area (Å²) >= 11 is 0. The fourth-order valence-corrected chi connectivity index (χ4v) is 0.161. The maximum Gasteiger partial charge on any atom is 0.407 e. The average molecular weight is 119 g/mol. The van der Waals surface area contributed by atoms with Crippen LogP contribution in [0.25, 0.3) is 0 Å². The number of aldehydes is 1. The summed E-state index contributed by atoms with van der Waals surface area (Å²) in [7, 11) is 0. The summed E-state index contributed by atoms with van der Waals surface area (Å²) in [4.78, 5) is 19.0. The number of aliphatic hydroxyl groups excluding tert-OH is 1. The highest BCUT2D eigenvalue weighted by molar-refractivity contribution is 5.69. The van der Waals surface area contributed by atoms with Crippen molar-refractivity contribution in [2.24, 2.45) is 0 Å². The van der Waals surface area contributed by atoms with Crippen LogP contribution in [0.2, 0.25) is 0 Å². The van der Waals surface area contributed by atoms with Gasteiger partial charge in [0.05, 0.1) is 0 Å². The topological polar surface area (TPSA) is 86.6 Å². The lowest BCUT2D eigenvalue weighted by Gasteiger charge is -1.98. The number of hydrogen-bond acceptors (Lipinski definition) is 3. The average Bonchev–Trinajstić information content (AvgIpc) is 1.65. The second-order valence-electron chi connectivity index (χ2n) is 1.03. The van der Waals surface area contributed by atoms with Gasteiger partial charge in [-0.2, -0.15) is 0 Å². The minimum atomic E-state index is -1.60. The molecule has 0 aromatic rings. The van der Waals surface area contributed by atoms with Crippen LogP contribution in [0.4, 0.5) is 4.79 Å². The second kappa shape index (κ2) is 2.98. The van der Waals surface area contributed by atoms with E-state index < -0.39 is 12.3 Å². The third kappa shape index (κ3) is 3.10. The highest BCUT2D eigenvalue weighted by Gasteiger charge is 2.01. The van der Waals surface area contributed by atoms with Crippen LogP contribution in [0.15, 0.2) is 0 Å². The molecule has 0 aromatic carbocycles. The van der Waals surface area contributed by atoms with Gasteiger partial charge < -0.3 is 10.2 Å². The van der Waals surface area contributed by atoms with Crippen LogP contribution in [-0.4, -0.2) is 28.8 Å². The first kappa shape index (κ1) is 6.90. The molecule has 0 fully saturated rings. The predicted octanol–water partition coefficient (Wildman–Crippen LogP) is -1.23. The summed E-state index contributed by atoms with van der Waals surface area (Å²) in [5.74, 6) is 0. The minimum Gasteiger partial charge on any atom is -0.465 e. The smallest absolute Gasteiger partial charge is 0.407 e. The number of carboxylic acid groups (broad SMARTS) is 1. The van der Waals surface area contributed by atoms with E-state index in [1.54, 1.807) is 0 Å². The van der Waals surface area contributed by atoms with Crippen molar-refractivity contribution in [1.29, 1.82) is 0 Å². The van der Waals surface area contributed by atoms with Gasteiger partial charge in [0.2, 0.25) is 0 Å². The van der Waals surface area contributed by atoms with E-state index in [0.717, 1.165) is 0 Å². The highest BCUT2D eigenvalue weighted by atomic mass is 16.4. The van der Waals surface area contributed by atoms with Gasteiger partial charge in [-0.1, -0.05) is 0 Å². The molecule has 3 N–H and O–H groups in total. The zero-order valence-corrected chi connectivity index (χ0v) is 3.87. The van der Waals surface area contributed by atoms with Crippen molar-refractivity contribution in [3.63, 3.8) is 0 Å². The first-order valence-corrected chi connectivity index (χ1v) is 1.79. The number of amides is 1. The van der Waals surface area contributed by atoms with Crippen molar-refractivity contribution < 1.29 is 19.8 Å². The lowest BCUT2D eigenvalue weighted by molar-refractivity contribution is -0.115. The Kier molecular flexibility index (Phi) is 2.57. The largest absolute Gasteiger partial charge is 0.465 e. The number of carbonyl (C=O) groups is 2. The van der Waals surface area contributed by atoms with Gasteiger partial charge >= 0.3 is 6.09 Å². The molecule has 0 aliphatic carbocycles. The van der Waals surface area contributed by atoms with Gasteiger partial charge in [-0.3, -0.25) is 10.1 Å². The van der Waals surface area contributed by atoms with E-state index >= 15 is 0 Å². The molecule has 1 unspecified atom stereocenters. The standard InChI is InChI=1S/C3H5NO4/c5-1-2(6)4-3(7)8/h1-2,4,6H,(H,7,8). The molecule has 0 heterocycles. The van der Waals surface area contributed by atoms with Crippen LogP contribution in [0.5, 0.6) is 0 Å². The van der Waals surface area contributed by atoms with Crippen LogP contribution in [0, 0.1) is 0 Å². The van der Waals surface area contributed by atoms with Gasteiger partial charge in [-0.25, -0.2) is 4.79 Å². The molecular formula is C3H5NO4. The zero-order chi connectivity index (χ0) is 6.57. The molecule has 0 saturated carbocycles. The van der Waals surface area contributed by atoms with E-state index in [0.29, 0.717) is 0 Å². The fourth-order valence-electron chi connectivity index (χ4n) is 0.161. The molecule has 0 radical (unpaired) electrons. The minimum absolute atomic E-state index is 0.0775. The van der Waals surface area contributed by atoms with Gasteiger partial charge in [0.1, 0.15) is 0 Å². The zero-order valence-electron chi connectivity index (χ0n) is 3.87. The van der Waals surface area contributed by atoms with Crippen molar-refractivity contribution in [3.8, 4) is 0 Å². The molecule has 1 amide bonds.